The molecule has 0 fully saturated rings. The maximum atomic E-state index is 13.8. The van der Waals surface area contributed by atoms with Crippen LogP contribution < -0.4 is 10.5 Å². The third kappa shape index (κ3) is 3.99. The third-order valence-electron chi connectivity index (χ3n) is 3.15. The lowest BCUT2D eigenvalue weighted by molar-refractivity contribution is 0.317. The molecule has 0 aromatic heterocycles. The van der Waals surface area contributed by atoms with E-state index in [1.165, 1.54) is 12.1 Å². The monoisotopic (exact) mass is 288 g/mol. The summed E-state index contributed by atoms with van der Waals surface area (Å²) in [6, 6.07) is 3.59. The average molecular weight is 288 g/mol. The summed E-state index contributed by atoms with van der Waals surface area (Å²) in [5.74, 6) is -0.781. The Kier molecular flexibility index (Phi) is 4.71. The van der Waals surface area contributed by atoms with E-state index in [0.29, 0.717) is 5.56 Å². The Bertz CT molecular complexity index is 550. The molecule has 4 nitrogen and oxygen atoms in total. The van der Waals surface area contributed by atoms with Crippen molar-refractivity contribution in [1.82, 2.24) is 4.72 Å². The zero-order chi connectivity index (χ0) is 14.8. The topological polar surface area (TPSA) is 72.2 Å². The molecule has 0 saturated heterocycles. The van der Waals surface area contributed by atoms with Crippen LogP contribution in [0.4, 0.5) is 4.39 Å². The van der Waals surface area contributed by atoms with E-state index in [1.54, 1.807) is 6.92 Å². The lowest BCUT2D eigenvalue weighted by Crippen LogP contribution is -2.41. The fourth-order valence-electron chi connectivity index (χ4n) is 1.36. The Balaban J connectivity index is 3.08. The van der Waals surface area contributed by atoms with Gasteiger partial charge in [-0.3, -0.25) is 0 Å². The van der Waals surface area contributed by atoms with Crippen molar-refractivity contribution < 1.29 is 12.8 Å². The quantitative estimate of drug-likeness (QED) is 0.890. The molecule has 0 aliphatic heterocycles. The molecule has 108 valence electrons. The van der Waals surface area contributed by atoms with Crippen molar-refractivity contribution in [3.63, 3.8) is 0 Å². The van der Waals surface area contributed by atoms with Crippen LogP contribution in [0.15, 0.2) is 23.1 Å². The molecule has 0 radical (unpaired) electrons. The van der Waals surface area contributed by atoms with Gasteiger partial charge >= 0.3 is 0 Å². The van der Waals surface area contributed by atoms with Gasteiger partial charge in [-0.1, -0.05) is 26.8 Å². The van der Waals surface area contributed by atoms with Crippen LogP contribution in [0.5, 0.6) is 0 Å². The molecule has 1 unspecified atom stereocenters. The minimum Gasteiger partial charge on any atom is -0.326 e. The summed E-state index contributed by atoms with van der Waals surface area (Å²) in [5, 5.41) is 0. The van der Waals surface area contributed by atoms with Gasteiger partial charge < -0.3 is 5.73 Å². The van der Waals surface area contributed by atoms with E-state index in [1.807, 2.05) is 20.8 Å². The second kappa shape index (κ2) is 5.56. The highest BCUT2D eigenvalue weighted by molar-refractivity contribution is 7.89. The molecular formula is C13H21FN2O2S. The van der Waals surface area contributed by atoms with Gasteiger partial charge in [-0.25, -0.2) is 17.5 Å². The number of halogens is 1. The number of sulfonamides is 1. The van der Waals surface area contributed by atoms with Crippen molar-refractivity contribution in [2.75, 3.05) is 0 Å². The molecule has 0 amide bonds. The Hall–Kier alpha value is -0.980. The van der Waals surface area contributed by atoms with Gasteiger partial charge in [0.25, 0.3) is 0 Å². The van der Waals surface area contributed by atoms with Crippen LogP contribution in [-0.4, -0.2) is 14.5 Å². The van der Waals surface area contributed by atoms with E-state index >= 15 is 0 Å². The summed E-state index contributed by atoms with van der Waals surface area (Å²) in [4.78, 5) is -0.346. The highest BCUT2D eigenvalue weighted by atomic mass is 32.2. The SMILES string of the molecule is CC(NS(=O)(=O)c1ccc(CN)cc1F)C(C)(C)C. The van der Waals surface area contributed by atoms with Crippen molar-refractivity contribution in [2.24, 2.45) is 11.1 Å². The van der Waals surface area contributed by atoms with E-state index < -0.39 is 15.8 Å². The maximum absolute atomic E-state index is 13.8. The van der Waals surface area contributed by atoms with Crippen molar-refractivity contribution in [2.45, 2.75) is 45.2 Å². The number of rotatable bonds is 4. The molecule has 0 aliphatic rings. The predicted molar refractivity (Wildman–Crippen MR) is 73.5 cm³/mol. The Morgan fingerprint density at radius 3 is 2.37 bits per heavy atom. The molecule has 1 aromatic carbocycles. The Morgan fingerprint density at radius 1 is 1.37 bits per heavy atom. The smallest absolute Gasteiger partial charge is 0.243 e. The van der Waals surface area contributed by atoms with Crippen molar-refractivity contribution in [1.29, 1.82) is 0 Å². The molecule has 1 rings (SSSR count). The number of nitrogens with two attached hydrogens (primary N) is 1. The van der Waals surface area contributed by atoms with Crippen LogP contribution in [0.25, 0.3) is 0 Å². The van der Waals surface area contributed by atoms with Crippen LogP contribution in [0.2, 0.25) is 0 Å². The summed E-state index contributed by atoms with van der Waals surface area (Å²) in [6.45, 7) is 7.66. The van der Waals surface area contributed by atoms with Gasteiger partial charge in [0, 0.05) is 12.6 Å². The first-order valence-corrected chi connectivity index (χ1v) is 7.57. The number of hydrogen-bond donors (Lipinski definition) is 2. The lowest BCUT2D eigenvalue weighted by Gasteiger charge is -2.27. The van der Waals surface area contributed by atoms with Gasteiger partial charge in [-0.05, 0) is 30.0 Å². The van der Waals surface area contributed by atoms with Gasteiger partial charge in [0.15, 0.2) is 0 Å². The van der Waals surface area contributed by atoms with Gasteiger partial charge in [0.05, 0.1) is 0 Å². The van der Waals surface area contributed by atoms with Crippen molar-refractivity contribution in [3.8, 4) is 0 Å². The largest absolute Gasteiger partial charge is 0.326 e. The number of nitrogens with one attached hydrogen (secondary N) is 1. The molecule has 3 N–H and O–H groups in total. The van der Waals surface area contributed by atoms with Crippen LogP contribution >= 0.6 is 0 Å². The Morgan fingerprint density at radius 2 is 1.95 bits per heavy atom. The first kappa shape index (κ1) is 16.1. The van der Waals surface area contributed by atoms with E-state index in [2.05, 4.69) is 4.72 Å². The van der Waals surface area contributed by atoms with Gasteiger partial charge in [-0.15, -0.1) is 0 Å². The number of benzene rings is 1. The molecule has 19 heavy (non-hydrogen) atoms. The molecule has 0 heterocycles. The predicted octanol–water partition coefficient (Wildman–Crippen LogP) is 2.00. The normalized spacial score (nSPS) is 14.4. The fraction of sp³-hybridized carbons (Fsp3) is 0.538. The van der Waals surface area contributed by atoms with Crippen LogP contribution in [-0.2, 0) is 16.6 Å². The number of hydrogen-bond acceptors (Lipinski definition) is 3. The zero-order valence-corrected chi connectivity index (χ0v) is 12.5. The van der Waals surface area contributed by atoms with Crippen LogP contribution in [0.3, 0.4) is 0 Å². The first-order valence-electron chi connectivity index (χ1n) is 6.09. The van der Waals surface area contributed by atoms with Crippen molar-refractivity contribution >= 4 is 10.0 Å². The molecule has 1 aromatic rings. The molecule has 1 atom stereocenters. The maximum Gasteiger partial charge on any atom is 0.243 e. The molecule has 6 heteroatoms. The average Bonchev–Trinajstić information content (AvgIpc) is 2.26. The minimum atomic E-state index is -3.86. The van der Waals surface area contributed by atoms with Gasteiger partial charge in [0.1, 0.15) is 10.7 Å². The standard InChI is InChI=1S/C13H21FN2O2S/c1-9(13(2,3)4)16-19(17,18)12-6-5-10(8-15)7-11(12)14/h5-7,9,16H,8,15H2,1-4H3. The van der Waals surface area contributed by atoms with E-state index in [0.717, 1.165) is 6.07 Å². The summed E-state index contributed by atoms with van der Waals surface area (Å²) < 4.78 is 40.6. The molecule has 0 saturated carbocycles. The second-order valence-corrected chi connectivity index (χ2v) is 7.36. The summed E-state index contributed by atoms with van der Waals surface area (Å²) in [7, 11) is -3.86. The third-order valence-corrected chi connectivity index (χ3v) is 4.73. The van der Waals surface area contributed by atoms with E-state index in [9.17, 15) is 12.8 Å². The van der Waals surface area contributed by atoms with E-state index in [-0.39, 0.29) is 22.9 Å². The Labute approximate surface area is 114 Å². The molecule has 0 bridgehead atoms. The van der Waals surface area contributed by atoms with Crippen LogP contribution in [0.1, 0.15) is 33.3 Å². The van der Waals surface area contributed by atoms with Crippen LogP contribution in [0, 0.1) is 11.2 Å². The molecule has 0 aliphatic carbocycles. The molecule has 0 spiro atoms. The van der Waals surface area contributed by atoms with Crippen molar-refractivity contribution in [3.05, 3.63) is 29.6 Å². The second-order valence-electron chi connectivity index (χ2n) is 5.68. The summed E-state index contributed by atoms with van der Waals surface area (Å²) in [5.41, 5.74) is 5.69. The van der Waals surface area contributed by atoms with Gasteiger partial charge in [-0.2, -0.15) is 0 Å². The molecular weight excluding hydrogens is 267 g/mol. The lowest BCUT2D eigenvalue weighted by atomic mass is 9.89. The highest BCUT2D eigenvalue weighted by Crippen LogP contribution is 2.22. The summed E-state index contributed by atoms with van der Waals surface area (Å²) >= 11 is 0. The minimum absolute atomic E-state index is 0.170. The van der Waals surface area contributed by atoms with Gasteiger partial charge in [0.2, 0.25) is 10.0 Å². The summed E-state index contributed by atoms with van der Waals surface area (Å²) in [6.07, 6.45) is 0. The zero-order valence-electron chi connectivity index (χ0n) is 11.7. The fourth-order valence-corrected chi connectivity index (χ4v) is 2.87. The first-order chi connectivity index (χ1) is 8.58. The highest BCUT2D eigenvalue weighted by Gasteiger charge is 2.27. The van der Waals surface area contributed by atoms with E-state index in [4.69, 9.17) is 5.73 Å².